The smallest absolute Gasteiger partial charge is 0.335 e. The quantitative estimate of drug-likeness (QED) is 0.749. The molecular formula is C11H14ClNO5S. The van der Waals surface area contributed by atoms with Crippen molar-refractivity contribution in [3.63, 3.8) is 0 Å². The van der Waals surface area contributed by atoms with Crippen LogP contribution in [0.25, 0.3) is 0 Å². The Hall–Kier alpha value is -1.31. The van der Waals surface area contributed by atoms with Crippen LogP contribution in [0.1, 0.15) is 17.3 Å². The van der Waals surface area contributed by atoms with Crippen LogP contribution in [-0.4, -0.2) is 38.5 Å². The molecular weight excluding hydrogens is 294 g/mol. The van der Waals surface area contributed by atoms with Crippen LogP contribution in [0, 0.1) is 0 Å². The predicted octanol–water partition coefficient (Wildman–Crippen LogP) is 1.82. The highest BCUT2D eigenvalue weighted by Gasteiger charge is 2.14. The number of carboxylic acid groups (broad SMARTS) is 1. The van der Waals surface area contributed by atoms with E-state index in [0.717, 1.165) is 0 Å². The molecule has 0 saturated heterocycles. The van der Waals surface area contributed by atoms with E-state index in [1.54, 1.807) is 6.92 Å². The maximum atomic E-state index is 11.7. The van der Waals surface area contributed by atoms with Gasteiger partial charge in [-0.05, 0) is 25.1 Å². The summed E-state index contributed by atoms with van der Waals surface area (Å²) in [6.45, 7) is 2.28. The van der Waals surface area contributed by atoms with Crippen molar-refractivity contribution in [1.82, 2.24) is 0 Å². The fourth-order valence-electron chi connectivity index (χ4n) is 1.26. The van der Waals surface area contributed by atoms with Gasteiger partial charge in [0, 0.05) is 6.61 Å². The zero-order valence-electron chi connectivity index (χ0n) is 10.2. The first-order chi connectivity index (χ1) is 8.85. The van der Waals surface area contributed by atoms with Gasteiger partial charge in [-0.25, -0.2) is 13.2 Å². The van der Waals surface area contributed by atoms with Crippen LogP contribution >= 0.6 is 11.6 Å². The number of carbonyl (C=O) groups is 1. The van der Waals surface area contributed by atoms with Crippen molar-refractivity contribution < 1.29 is 23.1 Å². The summed E-state index contributed by atoms with van der Waals surface area (Å²) in [6.07, 6.45) is 0. The molecule has 1 aromatic rings. The molecule has 0 saturated carbocycles. The monoisotopic (exact) mass is 307 g/mol. The molecule has 106 valence electrons. The van der Waals surface area contributed by atoms with Crippen molar-refractivity contribution in [3.05, 3.63) is 28.8 Å². The number of ether oxygens (including phenoxy) is 1. The topological polar surface area (TPSA) is 92.7 Å². The molecule has 2 N–H and O–H groups in total. The van der Waals surface area contributed by atoms with Gasteiger partial charge in [0.05, 0.1) is 28.6 Å². The fraction of sp³-hybridized carbons (Fsp3) is 0.364. The number of halogens is 1. The summed E-state index contributed by atoms with van der Waals surface area (Å²) in [7, 11) is -3.57. The molecule has 0 atom stereocenters. The number of benzene rings is 1. The van der Waals surface area contributed by atoms with Crippen molar-refractivity contribution in [2.75, 3.05) is 23.7 Å². The van der Waals surface area contributed by atoms with E-state index in [1.165, 1.54) is 18.2 Å². The summed E-state index contributed by atoms with van der Waals surface area (Å²) in [4.78, 5) is 10.7. The van der Waals surface area contributed by atoms with Gasteiger partial charge >= 0.3 is 5.97 Å². The van der Waals surface area contributed by atoms with Gasteiger partial charge in [0.25, 0.3) is 0 Å². The van der Waals surface area contributed by atoms with Crippen molar-refractivity contribution >= 4 is 33.3 Å². The van der Waals surface area contributed by atoms with Gasteiger partial charge in [-0.3, -0.25) is 4.72 Å². The van der Waals surface area contributed by atoms with Crippen LogP contribution in [0.3, 0.4) is 0 Å². The third kappa shape index (κ3) is 5.06. The Morgan fingerprint density at radius 3 is 2.68 bits per heavy atom. The second kappa shape index (κ2) is 6.74. The van der Waals surface area contributed by atoms with Gasteiger partial charge in [-0.2, -0.15) is 0 Å². The van der Waals surface area contributed by atoms with Crippen LogP contribution in [0.4, 0.5) is 5.69 Å². The second-order valence-corrected chi connectivity index (χ2v) is 5.87. The van der Waals surface area contributed by atoms with Crippen molar-refractivity contribution in [2.24, 2.45) is 0 Å². The SMILES string of the molecule is CCOCCS(=O)(=O)Nc1ccc(C(=O)O)cc1Cl. The van der Waals surface area contributed by atoms with Crippen LogP contribution in [0.2, 0.25) is 5.02 Å². The molecule has 0 aliphatic heterocycles. The molecule has 8 heteroatoms. The first-order valence-corrected chi connectivity index (χ1v) is 7.50. The molecule has 0 amide bonds. The average molecular weight is 308 g/mol. The molecule has 0 spiro atoms. The summed E-state index contributed by atoms with van der Waals surface area (Å²) in [6, 6.07) is 3.77. The number of sulfonamides is 1. The standard InChI is InChI=1S/C11H14ClNO5S/c1-2-18-5-6-19(16,17)13-10-4-3-8(11(14)15)7-9(10)12/h3-4,7,13H,2,5-6H2,1H3,(H,14,15). The lowest BCUT2D eigenvalue weighted by Crippen LogP contribution is -2.20. The zero-order valence-corrected chi connectivity index (χ0v) is 11.8. The first-order valence-electron chi connectivity index (χ1n) is 5.47. The van der Waals surface area contributed by atoms with Gasteiger partial charge in [0.15, 0.2) is 0 Å². The molecule has 0 unspecified atom stereocenters. The van der Waals surface area contributed by atoms with E-state index < -0.39 is 16.0 Å². The number of nitrogens with one attached hydrogen (secondary N) is 1. The van der Waals surface area contributed by atoms with Gasteiger partial charge < -0.3 is 9.84 Å². The Kier molecular flexibility index (Phi) is 5.59. The fourth-order valence-corrected chi connectivity index (χ4v) is 2.50. The Bertz CT molecular complexity index is 558. The van der Waals surface area contributed by atoms with Crippen LogP contribution in [0.5, 0.6) is 0 Å². The molecule has 0 aliphatic carbocycles. The minimum absolute atomic E-state index is 0.0118. The number of hydrogen-bond acceptors (Lipinski definition) is 4. The van der Waals surface area contributed by atoms with Gasteiger partial charge in [0.2, 0.25) is 10.0 Å². The maximum absolute atomic E-state index is 11.7. The Balaban J connectivity index is 2.79. The second-order valence-electron chi connectivity index (χ2n) is 3.62. The maximum Gasteiger partial charge on any atom is 0.335 e. The van der Waals surface area contributed by atoms with E-state index >= 15 is 0 Å². The molecule has 0 aliphatic rings. The molecule has 0 aromatic heterocycles. The highest BCUT2D eigenvalue weighted by molar-refractivity contribution is 7.92. The van der Waals surface area contributed by atoms with Gasteiger partial charge in [-0.1, -0.05) is 11.6 Å². The Morgan fingerprint density at radius 2 is 2.16 bits per heavy atom. The third-order valence-electron chi connectivity index (χ3n) is 2.18. The first kappa shape index (κ1) is 15.7. The van der Waals surface area contributed by atoms with Gasteiger partial charge in [0.1, 0.15) is 0 Å². The summed E-state index contributed by atoms with van der Waals surface area (Å²) < 4.78 is 30.6. The molecule has 1 rings (SSSR count). The van der Waals surface area contributed by atoms with E-state index in [4.69, 9.17) is 21.4 Å². The lowest BCUT2D eigenvalue weighted by Gasteiger charge is -2.10. The normalized spacial score (nSPS) is 11.3. The molecule has 0 bridgehead atoms. The number of rotatable bonds is 7. The average Bonchev–Trinajstić information content (AvgIpc) is 2.31. The summed E-state index contributed by atoms with van der Waals surface area (Å²) in [5.41, 5.74) is 0.130. The molecule has 0 radical (unpaired) electrons. The number of anilines is 1. The zero-order chi connectivity index (χ0) is 14.5. The number of aromatic carboxylic acids is 1. The number of hydrogen-bond donors (Lipinski definition) is 2. The Morgan fingerprint density at radius 1 is 1.47 bits per heavy atom. The molecule has 1 aromatic carbocycles. The predicted molar refractivity (Wildman–Crippen MR) is 72.3 cm³/mol. The summed E-state index contributed by atoms with van der Waals surface area (Å²) in [5.74, 6) is -1.33. The van der Waals surface area contributed by atoms with E-state index in [2.05, 4.69) is 4.72 Å². The lowest BCUT2D eigenvalue weighted by atomic mass is 10.2. The summed E-state index contributed by atoms with van der Waals surface area (Å²) >= 11 is 5.82. The molecule has 19 heavy (non-hydrogen) atoms. The van der Waals surface area contributed by atoms with E-state index in [0.29, 0.717) is 6.61 Å². The summed E-state index contributed by atoms with van der Waals surface area (Å²) in [5, 5.41) is 8.79. The lowest BCUT2D eigenvalue weighted by molar-refractivity contribution is 0.0697. The van der Waals surface area contributed by atoms with E-state index in [1.807, 2.05) is 0 Å². The highest BCUT2D eigenvalue weighted by atomic mass is 35.5. The van der Waals surface area contributed by atoms with Gasteiger partial charge in [-0.15, -0.1) is 0 Å². The third-order valence-corrected chi connectivity index (χ3v) is 3.73. The van der Waals surface area contributed by atoms with Crippen LogP contribution in [-0.2, 0) is 14.8 Å². The van der Waals surface area contributed by atoms with Crippen molar-refractivity contribution in [1.29, 1.82) is 0 Å². The van der Waals surface area contributed by atoms with Crippen LogP contribution < -0.4 is 4.72 Å². The highest BCUT2D eigenvalue weighted by Crippen LogP contribution is 2.24. The van der Waals surface area contributed by atoms with Crippen LogP contribution in [0.15, 0.2) is 18.2 Å². The largest absolute Gasteiger partial charge is 0.478 e. The van der Waals surface area contributed by atoms with Crippen molar-refractivity contribution in [3.8, 4) is 0 Å². The molecule has 6 nitrogen and oxygen atoms in total. The molecule has 0 heterocycles. The molecule has 0 fully saturated rings. The van der Waals surface area contributed by atoms with Crippen molar-refractivity contribution in [2.45, 2.75) is 6.92 Å². The van der Waals surface area contributed by atoms with E-state index in [-0.39, 0.29) is 28.6 Å². The van der Waals surface area contributed by atoms with E-state index in [9.17, 15) is 13.2 Å². The number of carboxylic acids is 1. The minimum Gasteiger partial charge on any atom is -0.478 e. The minimum atomic E-state index is -3.57. The Labute approximate surface area is 116 Å².